The van der Waals surface area contributed by atoms with Gasteiger partial charge in [0.15, 0.2) is 0 Å². The van der Waals surface area contributed by atoms with E-state index in [1.807, 2.05) is 12.1 Å². The lowest BCUT2D eigenvalue weighted by Gasteiger charge is -2.21. The van der Waals surface area contributed by atoms with E-state index in [-0.39, 0.29) is 11.8 Å². The Morgan fingerprint density at radius 2 is 2.00 bits per heavy atom. The average Bonchev–Trinajstić information content (AvgIpc) is 2.54. The molecule has 3 heteroatoms. The molecule has 2 rings (SSSR count). The van der Waals surface area contributed by atoms with Gasteiger partial charge in [-0.1, -0.05) is 41.4 Å². The Morgan fingerprint density at radius 3 is 2.71 bits per heavy atom. The first kappa shape index (κ1) is 12.6. The second-order valence-corrected chi connectivity index (χ2v) is 5.65. The highest BCUT2D eigenvalue weighted by Gasteiger charge is 2.27. The molecule has 2 atom stereocenters. The van der Waals surface area contributed by atoms with Crippen LogP contribution in [0.25, 0.3) is 0 Å². The Bertz CT molecular complexity index is 388. The number of halogens is 1. The molecular weight excluding hydrogens is 278 g/mol. The van der Waals surface area contributed by atoms with Gasteiger partial charge < -0.3 is 5.32 Å². The van der Waals surface area contributed by atoms with Crippen molar-refractivity contribution in [3.63, 3.8) is 0 Å². The van der Waals surface area contributed by atoms with Crippen LogP contribution in [-0.2, 0) is 4.79 Å². The third kappa shape index (κ3) is 3.09. The number of rotatable bonds is 2. The fourth-order valence-corrected chi connectivity index (χ4v) is 2.70. The van der Waals surface area contributed by atoms with Crippen LogP contribution in [0.1, 0.15) is 37.7 Å². The molecule has 92 valence electrons. The van der Waals surface area contributed by atoms with Crippen LogP contribution in [0, 0.1) is 5.92 Å². The van der Waals surface area contributed by atoms with Gasteiger partial charge >= 0.3 is 0 Å². The van der Waals surface area contributed by atoms with Crippen LogP contribution in [-0.4, -0.2) is 12.5 Å². The van der Waals surface area contributed by atoms with Gasteiger partial charge in [-0.25, -0.2) is 0 Å². The van der Waals surface area contributed by atoms with Gasteiger partial charge in [0.05, 0.1) is 0 Å². The van der Waals surface area contributed by atoms with Gasteiger partial charge in [0.1, 0.15) is 0 Å². The molecule has 0 bridgehead atoms. The number of hydrogen-bond donors (Lipinski definition) is 1. The van der Waals surface area contributed by atoms with E-state index in [0.29, 0.717) is 5.92 Å². The summed E-state index contributed by atoms with van der Waals surface area (Å²) in [5.74, 6) is 0.637. The first-order valence-electron chi connectivity index (χ1n) is 6.21. The highest BCUT2D eigenvalue weighted by molar-refractivity contribution is 9.10. The summed E-state index contributed by atoms with van der Waals surface area (Å²) in [6, 6.07) is 8.29. The number of amides is 1. The largest absolute Gasteiger partial charge is 0.356 e. The van der Waals surface area contributed by atoms with E-state index >= 15 is 0 Å². The third-order valence-corrected chi connectivity index (χ3v) is 4.11. The van der Waals surface area contributed by atoms with E-state index in [1.54, 1.807) is 0 Å². The minimum atomic E-state index is 0.124. The molecule has 1 aromatic carbocycles. The molecule has 1 heterocycles. The van der Waals surface area contributed by atoms with Gasteiger partial charge in [-0.3, -0.25) is 4.79 Å². The molecule has 2 unspecified atom stereocenters. The lowest BCUT2D eigenvalue weighted by molar-refractivity contribution is -0.125. The SMILES string of the molecule is CC(c1ccc(Br)cc1)C1CCCCNC1=O. The molecule has 1 aromatic rings. The highest BCUT2D eigenvalue weighted by Crippen LogP contribution is 2.30. The zero-order chi connectivity index (χ0) is 12.3. The summed E-state index contributed by atoms with van der Waals surface area (Å²) in [5.41, 5.74) is 1.25. The van der Waals surface area contributed by atoms with Gasteiger partial charge in [0.25, 0.3) is 0 Å². The van der Waals surface area contributed by atoms with Crippen LogP contribution < -0.4 is 5.32 Å². The van der Waals surface area contributed by atoms with Crippen LogP contribution in [0.4, 0.5) is 0 Å². The predicted molar refractivity (Wildman–Crippen MR) is 72.9 cm³/mol. The summed E-state index contributed by atoms with van der Waals surface area (Å²) in [6.45, 7) is 2.99. The van der Waals surface area contributed by atoms with Crippen molar-refractivity contribution in [3.8, 4) is 0 Å². The van der Waals surface area contributed by atoms with Crippen molar-refractivity contribution < 1.29 is 4.79 Å². The van der Waals surface area contributed by atoms with Gasteiger partial charge in [-0.05, 0) is 36.5 Å². The van der Waals surface area contributed by atoms with Crippen LogP contribution in [0.5, 0.6) is 0 Å². The lowest BCUT2D eigenvalue weighted by Crippen LogP contribution is -2.31. The average molecular weight is 296 g/mol. The quantitative estimate of drug-likeness (QED) is 0.889. The topological polar surface area (TPSA) is 29.1 Å². The van der Waals surface area contributed by atoms with Crippen molar-refractivity contribution in [3.05, 3.63) is 34.3 Å². The third-order valence-electron chi connectivity index (χ3n) is 3.58. The standard InChI is InChI=1S/C14H18BrNO/c1-10(11-5-7-12(15)8-6-11)13-4-2-3-9-16-14(13)17/h5-8,10,13H,2-4,9H2,1H3,(H,16,17). The molecule has 1 saturated heterocycles. The Morgan fingerprint density at radius 1 is 1.29 bits per heavy atom. The lowest BCUT2D eigenvalue weighted by atomic mass is 9.84. The number of nitrogens with one attached hydrogen (secondary N) is 1. The van der Waals surface area contributed by atoms with Gasteiger partial charge in [0, 0.05) is 16.9 Å². The van der Waals surface area contributed by atoms with Crippen LogP contribution in [0.3, 0.4) is 0 Å². The second kappa shape index (κ2) is 5.67. The second-order valence-electron chi connectivity index (χ2n) is 4.73. The Balaban J connectivity index is 2.14. The van der Waals surface area contributed by atoms with E-state index in [2.05, 4.69) is 40.3 Å². The molecule has 1 aliphatic heterocycles. The first-order chi connectivity index (χ1) is 8.18. The Hall–Kier alpha value is -0.830. The molecule has 0 saturated carbocycles. The zero-order valence-corrected chi connectivity index (χ0v) is 11.7. The number of carbonyl (C=O) groups is 1. The van der Waals surface area contributed by atoms with E-state index < -0.39 is 0 Å². The molecule has 0 radical (unpaired) electrons. The van der Waals surface area contributed by atoms with Crippen LogP contribution >= 0.6 is 15.9 Å². The van der Waals surface area contributed by atoms with E-state index in [9.17, 15) is 4.79 Å². The van der Waals surface area contributed by atoms with Crippen molar-refractivity contribution >= 4 is 21.8 Å². The Labute approximate surface area is 111 Å². The van der Waals surface area contributed by atoms with Crippen molar-refractivity contribution in [1.29, 1.82) is 0 Å². The monoisotopic (exact) mass is 295 g/mol. The zero-order valence-electron chi connectivity index (χ0n) is 10.1. The molecule has 2 nitrogen and oxygen atoms in total. The summed E-state index contributed by atoms with van der Waals surface area (Å²) in [7, 11) is 0. The van der Waals surface area contributed by atoms with Crippen molar-refractivity contribution in [2.24, 2.45) is 5.92 Å². The molecule has 0 aromatic heterocycles. The molecule has 1 amide bonds. The van der Waals surface area contributed by atoms with Crippen molar-refractivity contribution in [2.45, 2.75) is 32.1 Å². The smallest absolute Gasteiger partial charge is 0.223 e. The van der Waals surface area contributed by atoms with E-state index in [4.69, 9.17) is 0 Å². The van der Waals surface area contributed by atoms with Crippen LogP contribution in [0.15, 0.2) is 28.7 Å². The fraction of sp³-hybridized carbons (Fsp3) is 0.500. The van der Waals surface area contributed by atoms with Gasteiger partial charge in [-0.15, -0.1) is 0 Å². The minimum Gasteiger partial charge on any atom is -0.356 e. The summed E-state index contributed by atoms with van der Waals surface area (Å²) in [4.78, 5) is 12.0. The number of benzene rings is 1. The maximum absolute atomic E-state index is 12.0. The molecular formula is C14H18BrNO. The molecule has 0 spiro atoms. The predicted octanol–water partition coefficient (Wildman–Crippen LogP) is 3.47. The van der Waals surface area contributed by atoms with Crippen LogP contribution in [0.2, 0.25) is 0 Å². The molecule has 0 aliphatic carbocycles. The van der Waals surface area contributed by atoms with Gasteiger partial charge in [-0.2, -0.15) is 0 Å². The minimum absolute atomic E-state index is 0.124. The van der Waals surface area contributed by atoms with E-state index in [1.165, 1.54) is 5.56 Å². The molecule has 1 N–H and O–H groups in total. The first-order valence-corrected chi connectivity index (χ1v) is 7.01. The van der Waals surface area contributed by atoms with Gasteiger partial charge in [0.2, 0.25) is 5.91 Å². The van der Waals surface area contributed by atoms with Crippen molar-refractivity contribution in [2.75, 3.05) is 6.54 Å². The number of carbonyl (C=O) groups excluding carboxylic acids is 1. The molecule has 1 aliphatic rings. The van der Waals surface area contributed by atoms with Crippen molar-refractivity contribution in [1.82, 2.24) is 5.32 Å². The summed E-state index contributed by atoms with van der Waals surface area (Å²) >= 11 is 3.44. The Kier molecular flexibility index (Phi) is 4.21. The summed E-state index contributed by atoms with van der Waals surface area (Å²) in [5, 5.41) is 3.01. The highest BCUT2D eigenvalue weighted by atomic mass is 79.9. The number of hydrogen-bond acceptors (Lipinski definition) is 1. The summed E-state index contributed by atoms with van der Waals surface area (Å²) < 4.78 is 1.08. The summed E-state index contributed by atoms with van der Waals surface area (Å²) in [6.07, 6.45) is 3.25. The van der Waals surface area contributed by atoms with E-state index in [0.717, 1.165) is 30.3 Å². The maximum Gasteiger partial charge on any atom is 0.223 e. The normalized spacial score (nSPS) is 22.7. The molecule has 1 fully saturated rings. The maximum atomic E-state index is 12.0. The fourth-order valence-electron chi connectivity index (χ4n) is 2.44. The molecule has 17 heavy (non-hydrogen) atoms.